The Bertz CT molecular complexity index is 377. The van der Waals surface area contributed by atoms with Crippen molar-refractivity contribution in [2.24, 2.45) is 0 Å². The van der Waals surface area contributed by atoms with E-state index in [4.69, 9.17) is 0 Å². The smallest absolute Gasteiger partial charge is 0.406 e. The predicted molar refractivity (Wildman–Crippen MR) is 50.8 cm³/mol. The van der Waals surface area contributed by atoms with Gasteiger partial charge in [0, 0.05) is 6.54 Å². The second kappa shape index (κ2) is 4.87. The number of benzene rings is 1. The molecule has 0 bridgehead atoms. The molecule has 0 heterocycles. The second-order valence-corrected chi connectivity index (χ2v) is 3.15. The lowest BCUT2D eigenvalue weighted by molar-refractivity contribution is -0.274. The van der Waals surface area contributed by atoms with E-state index in [1.807, 2.05) is 0 Å². The van der Waals surface area contributed by atoms with E-state index in [-0.39, 0.29) is 12.3 Å². The molecule has 1 amide bonds. The van der Waals surface area contributed by atoms with Crippen LogP contribution >= 0.6 is 0 Å². The van der Waals surface area contributed by atoms with E-state index in [1.165, 1.54) is 25.1 Å². The Morgan fingerprint density at radius 3 is 2.62 bits per heavy atom. The van der Waals surface area contributed by atoms with Crippen LogP contribution in [0.5, 0.6) is 5.75 Å². The maximum absolute atomic E-state index is 11.9. The lowest BCUT2D eigenvalue weighted by atomic mass is 10.1. The molecule has 0 unspecified atom stereocenters. The number of aryl methyl sites for hydroxylation is 1. The van der Waals surface area contributed by atoms with Gasteiger partial charge < -0.3 is 10.1 Å². The van der Waals surface area contributed by atoms with E-state index in [9.17, 15) is 18.0 Å². The first-order valence-corrected chi connectivity index (χ1v) is 4.44. The summed E-state index contributed by atoms with van der Waals surface area (Å²) in [5.74, 6) is -0.234. The lowest BCUT2D eigenvalue weighted by Gasteiger charge is -2.12. The molecule has 0 fully saturated rings. The van der Waals surface area contributed by atoms with Crippen molar-refractivity contribution < 1.29 is 22.7 Å². The molecule has 0 saturated heterocycles. The van der Waals surface area contributed by atoms with E-state index in [2.05, 4.69) is 10.1 Å². The summed E-state index contributed by atoms with van der Waals surface area (Å²) in [5, 5.41) is 2.42. The molecular formula is C10H10F3NO2. The molecule has 0 aromatic heterocycles. The average Bonchev–Trinajstić information content (AvgIpc) is 2.17. The number of nitrogens with one attached hydrogen (secondary N) is 1. The van der Waals surface area contributed by atoms with Crippen LogP contribution in [0.1, 0.15) is 11.1 Å². The van der Waals surface area contributed by atoms with Crippen molar-refractivity contribution in [2.45, 2.75) is 19.8 Å². The highest BCUT2D eigenvalue weighted by Crippen LogP contribution is 2.26. The van der Waals surface area contributed by atoms with Gasteiger partial charge >= 0.3 is 6.36 Å². The first-order valence-electron chi connectivity index (χ1n) is 4.44. The van der Waals surface area contributed by atoms with Crippen molar-refractivity contribution in [1.82, 2.24) is 5.32 Å². The normalized spacial score (nSPS) is 11.0. The highest BCUT2D eigenvalue weighted by atomic mass is 19.4. The first-order chi connectivity index (χ1) is 7.42. The fourth-order valence-corrected chi connectivity index (χ4v) is 1.22. The van der Waals surface area contributed by atoms with Crippen LogP contribution in [0.25, 0.3) is 0 Å². The van der Waals surface area contributed by atoms with Gasteiger partial charge in [-0.15, -0.1) is 13.2 Å². The summed E-state index contributed by atoms with van der Waals surface area (Å²) in [4.78, 5) is 10.0. The van der Waals surface area contributed by atoms with Crippen LogP contribution < -0.4 is 10.1 Å². The number of amides is 1. The molecule has 3 nitrogen and oxygen atoms in total. The zero-order valence-corrected chi connectivity index (χ0v) is 8.47. The zero-order chi connectivity index (χ0) is 12.2. The third-order valence-corrected chi connectivity index (χ3v) is 1.85. The van der Waals surface area contributed by atoms with Crippen LogP contribution in [0.3, 0.4) is 0 Å². The Hall–Kier alpha value is -1.72. The van der Waals surface area contributed by atoms with Crippen molar-refractivity contribution in [1.29, 1.82) is 0 Å². The van der Waals surface area contributed by atoms with E-state index < -0.39 is 6.36 Å². The van der Waals surface area contributed by atoms with Crippen LogP contribution in [0.2, 0.25) is 0 Å². The van der Waals surface area contributed by atoms with Crippen LogP contribution in [-0.2, 0) is 11.3 Å². The molecule has 1 rings (SSSR count). The Balaban J connectivity index is 2.79. The molecule has 88 valence electrons. The molecule has 0 saturated carbocycles. The van der Waals surface area contributed by atoms with Crippen LogP contribution in [-0.4, -0.2) is 12.8 Å². The summed E-state index contributed by atoms with van der Waals surface area (Å²) in [6.45, 7) is 1.78. The van der Waals surface area contributed by atoms with E-state index in [0.29, 0.717) is 17.5 Å². The highest BCUT2D eigenvalue weighted by molar-refractivity contribution is 5.46. The summed E-state index contributed by atoms with van der Waals surface area (Å²) in [7, 11) is 0. The number of hydrogen-bond acceptors (Lipinski definition) is 2. The molecule has 0 aliphatic carbocycles. The molecule has 0 spiro atoms. The van der Waals surface area contributed by atoms with Crippen LogP contribution in [0.4, 0.5) is 13.2 Å². The van der Waals surface area contributed by atoms with Crippen molar-refractivity contribution in [2.75, 3.05) is 0 Å². The molecule has 0 atom stereocenters. The molecule has 0 radical (unpaired) electrons. The number of carbonyl (C=O) groups excluding carboxylic acids is 1. The maximum Gasteiger partial charge on any atom is 0.573 e. The summed E-state index contributed by atoms with van der Waals surface area (Å²) >= 11 is 0. The van der Waals surface area contributed by atoms with Gasteiger partial charge in [-0.1, -0.05) is 12.1 Å². The molecule has 0 aliphatic rings. The van der Waals surface area contributed by atoms with Gasteiger partial charge in [-0.25, -0.2) is 0 Å². The molecular weight excluding hydrogens is 223 g/mol. The van der Waals surface area contributed by atoms with Gasteiger partial charge in [0.05, 0.1) is 0 Å². The number of halogens is 3. The number of hydrogen-bond donors (Lipinski definition) is 1. The van der Waals surface area contributed by atoms with Gasteiger partial charge in [-0.05, 0) is 24.1 Å². The van der Waals surface area contributed by atoms with Crippen LogP contribution in [0, 0.1) is 6.92 Å². The van der Waals surface area contributed by atoms with Gasteiger partial charge in [-0.3, -0.25) is 4.79 Å². The van der Waals surface area contributed by atoms with Crippen molar-refractivity contribution in [3.05, 3.63) is 29.3 Å². The third kappa shape index (κ3) is 3.80. The minimum Gasteiger partial charge on any atom is -0.406 e. The Morgan fingerprint density at radius 1 is 1.44 bits per heavy atom. The zero-order valence-electron chi connectivity index (χ0n) is 8.47. The number of alkyl halides is 3. The third-order valence-electron chi connectivity index (χ3n) is 1.85. The van der Waals surface area contributed by atoms with Gasteiger partial charge in [-0.2, -0.15) is 0 Å². The van der Waals surface area contributed by atoms with Crippen molar-refractivity contribution in [3.8, 4) is 5.75 Å². The number of carbonyl (C=O) groups is 1. The summed E-state index contributed by atoms with van der Waals surface area (Å²) < 4.78 is 39.6. The van der Waals surface area contributed by atoms with E-state index in [1.54, 1.807) is 0 Å². The second-order valence-electron chi connectivity index (χ2n) is 3.15. The molecule has 1 aromatic rings. The van der Waals surface area contributed by atoms with Crippen molar-refractivity contribution >= 4 is 6.41 Å². The quantitative estimate of drug-likeness (QED) is 0.809. The molecule has 1 aromatic carbocycles. The average molecular weight is 233 g/mol. The maximum atomic E-state index is 11.9. The lowest BCUT2D eigenvalue weighted by Crippen LogP contribution is -2.18. The Labute approximate surface area is 90.2 Å². The molecule has 1 N–H and O–H groups in total. The monoisotopic (exact) mass is 233 g/mol. The molecule has 16 heavy (non-hydrogen) atoms. The molecule has 0 aliphatic heterocycles. The summed E-state index contributed by atoms with van der Waals surface area (Å²) in [6, 6.07) is 4.22. The highest BCUT2D eigenvalue weighted by Gasteiger charge is 2.31. The Kier molecular flexibility index (Phi) is 3.76. The first kappa shape index (κ1) is 12.4. The topological polar surface area (TPSA) is 38.3 Å². The largest absolute Gasteiger partial charge is 0.573 e. The van der Waals surface area contributed by atoms with Crippen LogP contribution in [0.15, 0.2) is 18.2 Å². The minimum atomic E-state index is -4.69. The Morgan fingerprint density at radius 2 is 2.12 bits per heavy atom. The van der Waals surface area contributed by atoms with E-state index >= 15 is 0 Å². The van der Waals surface area contributed by atoms with Gasteiger partial charge in [0.2, 0.25) is 6.41 Å². The van der Waals surface area contributed by atoms with E-state index in [0.717, 1.165) is 0 Å². The van der Waals surface area contributed by atoms with Crippen molar-refractivity contribution in [3.63, 3.8) is 0 Å². The fraction of sp³-hybridized carbons (Fsp3) is 0.300. The summed E-state index contributed by atoms with van der Waals surface area (Å²) in [6.07, 6.45) is -4.16. The number of rotatable bonds is 4. The fourth-order valence-electron chi connectivity index (χ4n) is 1.22. The SMILES string of the molecule is Cc1cc(CNC=O)ccc1OC(F)(F)F. The predicted octanol–water partition coefficient (Wildman–Crippen LogP) is 2.14. The van der Waals surface area contributed by atoms with Gasteiger partial charge in [0.25, 0.3) is 0 Å². The number of ether oxygens (including phenoxy) is 1. The molecule has 6 heteroatoms. The minimum absolute atomic E-state index is 0.234. The summed E-state index contributed by atoms with van der Waals surface area (Å²) in [5.41, 5.74) is 1.07. The standard InChI is InChI=1S/C10H10F3NO2/c1-7-4-8(5-14-6-15)2-3-9(7)16-10(11,12)13/h2-4,6H,5H2,1H3,(H,14,15). The van der Waals surface area contributed by atoms with Gasteiger partial charge in [0.15, 0.2) is 0 Å². The van der Waals surface area contributed by atoms with Gasteiger partial charge in [0.1, 0.15) is 5.75 Å².